The molecule has 0 aliphatic carbocycles. The standard InChI is InChI=1S/C12H12BrN3O3S/c13-8-1-3-9(4-2-8)20(18,19)16-6-5-10-11(7-16)14-15-12(10)17/h1-4H,5-7H2,(H2,14,15,17). The lowest BCUT2D eigenvalue weighted by atomic mass is 10.1. The fraction of sp³-hybridized carbons (Fsp3) is 0.250. The molecule has 20 heavy (non-hydrogen) atoms. The van der Waals surface area contributed by atoms with Crippen LogP contribution < -0.4 is 5.56 Å². The molecule has 0 radical (unpaired) electrons. The van der Waals surface area contributed by atoms with Crippen LogP contribution in [0.25, 0.3) is 0 Å². The number of nitrogens with zero attached hydrogens (tertiary/aromatic N) is 1. The molecule has 0 saturated carbocycles. The Balaban J connectivity index is 1.94. The van der Waals surface area contributed by atoms with E-state index < -0.39 is 10.0 Å². The van der Waals surface area contributed by atoms with Gasteiger partial charge in [0, 0.05) is 16.6 Å². The zero-order chi connectivity index (χ0) is 14.3. The SMILES string of the molecule is O=c1[nH][nH]c2c1CCN(S(=O)(=O)c1ccc(Br)cc1)C2. The minimum absolute atomic E-state index is 0.166. The van der Waals surface area contributed by atoms with Crippen LogP contribution in [0, 0.1) is 0 Å². The van der Waals surface area contributed by atoms with Gasteiger partial charge in [-0.15, -0.1) is 0 Å². The van der Waals surface area contributed by atoms with Crippen molar-refractivity contribution in [3.8, 4) is 0 Å². The first-order valence-electron chi connectivity index (χ1n) is 6.02. The fourth-order valence-corrected chi connectivity index (χ4v) is 3.95. The molecule has 1 aromatic heterocycles. The third-order valence-electron chi connectivity index (χ3n) is 3.36. The Morgan fingerprint density at radius 1 is 1.15 bits per heavy atom. The van der Waals surface area contributed by atoms with Crippen molar-refractivity contribution < 1.29 is 8.42 Å². The van der Waals surface area contributed by atoms with Crippen LogP contribution in [-0.4, -0.2) is 29.5 Å². The third-order valence-corrected chi connectivity index (χ3v) is 5.75. The van der Waals surface area contributed by atoms with Crippen LogP contribution in [0.3, 0.4) is 0 Å². The minimum Gasteiger partial charge on any atom is -0.301 e. The second-order valence-electron chi connectivity index (χ2n) is 4.58. The van der Waals surface area contributed by atoms with Crippen LogP contribution in [0.1, 0.15) is 11.3 Å². The number of nitrogens with one attached hydrogen (secondary N) is 2. The molecule has 1 aromatic carbocycles. The summed E-state index contributed by atoms with van der Waals surface area (Å²) in [6.07, 6.45) is 0.421. The molecule has 6 nitrogen and oxygen atoms in total. The molecule has 0 amide bonds. The van der Waals surface area contributed by atoms with Crippen molar-refractivity contribution in [3.63, 3.8) is 0 Å². The van der Waals surface area contributed by atoms with Crippen molar-refractivity contribution in [2.45, 2.75) is 17.9 Å². The van der Waals surface area contributed by atoms with Crippen LogP contribution >= 0.6 is 15.9 Å². The van der Waals surface area contributed by atoms with E-state index in [4.69, 9.17) is 0 Å². The maximum Gasteiger partial charge on any atom is 0.267 e. The molecule has 0 saturated heterocycles. The number of benzene rings is 1. The summed E-state index contributed by atoms with van der Waals surface area (Å²) in [5, 5.41) is 5.23. The average Bonchev–Trinajstić information content (AvgIpc) is 2.80. The van der Waals surface area contributed by atoms with Gasteiger partial charge in [0.2, 0.25) is 10.0 Å². The van der Waals surface area contributed by atoms with Gasteiger partial charge >= 0.3 is 0 Å². The van der Waals surface area contributed by atoms with E-state index in [9.17, 15) is 13.2 Å². The molecule has 2 aromatic rings. The predicted molar refractivity (Wildman–Crippen MR) is 76.9 cm³/mol. The number of sulfonamides is 1. The number of hydrogen-bond donors (Lipinski definition) is 2. The van der Waals surface area contributed by atoms with Gasteiger partial charge in [-0.05, 0) is 30.7 Å². The molecular formula is C12H12BrN3O3S. The molecular weight excluding hydrogens is 346 g/mol. The van der Waals surface area contributed by atoms with E-state index in [1.807, 2.05) is 0 Å². The highest BCUT2D eigenvalue weighted by Gasteiger charge is 2.30. The molecule has 0 fully saturated rings. The number of rotatable bonds is 2. The first kappa shape index (κ1) is 13.6. The van der Waals surface area contributed by atoms with Crippen molar-refractivity contribution in [3.05, 3.63) is 50.3 Å². The quantitative estimate of drug-likeness (QED) is 0.846. The highest BCUT2D eigenvalue weighted by molar-refractivity contribution is 9.10. The minimum atomic E-state index is -3.54. The number of aromatic nitrogens is 2. The van der Waals surface area contributed by atoms with E-state index in [2.05, 4.69) is 26.1 Å². The molecule has 2 N–H and O–H groups in total. The predicted octanol–water partition coefficient (Wildman–Crippen LogP) is 1.21. The topological polar surface area (TPSA) is 86.0 Å². The van der Waals surface area contributed by atoms with E-state index in [1.165, 1.54) is 4.31 Å². The van der Waals surface area contributed by atoms with Gasteiger partial charge in [-0.3, -0.25) is 9.89 Å². The summed E-state index contributed by atoms with van der Waals surface area (Å²) in [6, 6.07) is 6.52. The van der Waals surface area contributed by atoms with Gasteiger partial charge < -0.3 is 5.10 Å². The van der Waals surface area contributed by atoms with E-state index in [-0.39, 0.29) is 17.0 Å². The first-order valence-corrected chi connectivity index (χ1v) is 8.26. The normalized spacial score (nSPS) is 16.1. The molecule has 2 heterocycles. The van der Waals surface area contributed by atoms with Crippen LogP contribution in [0.4, 0.5) is 0 Å². The number of aromatic amines is 2. The van der Waals surface area contributed by atoms with Crippen molar-refractivity contribution in [1.82, 2.24) is 14.5 Å². The third kappa shape index (κ3) is 2.23. The van der Waals surface area contributed by atoms with Gasteiger partial charge in [-0.1, -0.05) is 15.9 Å². The molecule has 0 bridgehead atoms. The maximum absolute atomic E-state index is 12.5. The van der Waals surface area contributed by atoms with Crippen molar-refractivity contribution in [1.29, 1.82) is 0 Å². The van der Waals surface area contributed by atoms with Gasteiger partial charge in [0.1, 0.15) is 0 Å². The summed E-state index contributed by atoms with van der Waals surface area (Å²) in [7, 11) is -3.54. The highest BCUT2D eigenvalue weighted by atomic mass is 79.9. The Bertz CT molecular complexity index is 792. The summed E-state index contributed by atoms with van der Waals surface area (Å²) in [5.41, 5.74) is 1.12. The van der Waals surface area contributed by atoms with Crippen molar-refractivity contribution in [2.24, 2.45) is 0 Å². The second-order valence-corrected chi connectivity index (χ2v) is 7.43. The average molecular weight is 358 g/mol. The summed E-state index contributed by atoms with van der Waals surface area (Å²) in [4.78, 5) is 11.7. The van der Waals surface area contributed by atoms with Crippen LogP contribution in [0.2, 0.25) is 0 Å². The van der Waals surface area contributed by atoms with Gasteiger partial charge in [-0.25, -0.2) is 8.42 Å². The van der Waals surface area contributed by atoms with Gasteiger partial charge in [-0.2, -0.15) is 4.31 Å². The largest absolute Gasteiger partial charge is 0.301 e. The van der Waals surface area contributed by atoms with Gasteiger partial charge in [0.05, 0.1) is 17.1 Å². The van der Waals surface area contributed by atoms with E-state index >= 15 is 0 Å². The lowest BCUT2D eigenvalue weighted by Crippen LogP contribution is -2.36. The second kappa shape index (κ2) is 4.87. The van der Waals surface area contributed by atoms with Gasteiger partial charge in [0.25, 0.3) is 5.56 Å². The Hall–Kier alpha value is -1.38. The van der Waals surface area contributed by atoms with Gasteiger partial charge in [0.15, 0.2) is 0 Å². The Morgan fingerprint density at radius 3 is 2.55 bits per heavy atom. The highest BCUT2D eigenvalue weighted by Crippen LogP contribution is 2.23. The number of H-pyrrole nitrogens is 2. The Kier molecular flexibility index (Phi) is 3.31. The summed E-state index contributed by atoms with van der Waals surface area (Å²) >= 11 is 3.28. The first-order chi connectivity index (χ1) is 9.48. The van der Waals surface area contributed by atoms with Crippen LogP contribution in [-0.2, 0) is 23.0 Å². The molecule has 1 aliphatic rings. The Morgan fingerprint density at radius 2 is 1.85 bits per heavy atom. The summed E-state index contributed by atoms with van der Waals surface area (Å²) in [6.45, 7) is 0.499. The van der Waals surface area contributed by atoms with Crippen LogP contribution in [0.5, 0.6) is 0 Å². The molecule has 106 valence electrons. The molecule has 0 spiro atoms. The zero-order valence-electron chi connectivity index (χ0n) is 10.4. The molecule has 0 atom stereocenters. The molecule has 0 unspecified atom stereocenters. The van der Waals surface area contributed by atoms with E-state index in [0.717, 1.165) is 4.47 Å². The molecule has 8 heteroatoms. The molecule has 1 aliphatic heterocycles. The van der Waals surface area contributed by atoms with Crippen molar-refractivity contribution >= 4 is 26.0 Å². The monoisotopic (exact) mass is 357 g/mol. The smallest absolute Gasteiger partial charge is 0.267 e. The number of halogens is 1. The number of fused-ring (bicyclic) bond motifs is 1. The zero-order valence-corrected chi connectivity index (χ0v) is 12.8. The lowest BCUT2D eigenvalue weighted by molar-refractivity contribution is 0.387. The van der Waals surface area contributed by atoms with Crippen LogP contribution in [0.15, 0.2) is 38.4 Å². The van der Waals surface area contributed by atoms with Crippen molar-refractivity contribution in [2.75, 3.05) is 6.54 Å². The Labute approximate surface area is 124 Å². The fourth-order valence-electron chi connectivity index (χ4n) is 2.27. The summed E-state index contributed by atoms with van der Waals surface area (Å²) < 4.78 is 27.3. The van der Waals surface area contributed by atoms with E-state index in [1.54, 1.807) is 24.3 Å². The number of hydrogen-bond acceptors (Lipinski definition) is 3. The lowest BCUT2D eigenvalue weighted by Gasteiger charge is -2.25. The summed E-state index contributed by atoms with van der Waals surface area (Å²) in [5.74, 6) is 0. The van der Waals surface area contributed by atoms with E-state index in [0.29, 0.717) is 24.2 Å². The maximum atomic E-state index is 12.5. The molecule has 3 rings (SSSR count).